The van der Waals surface area contributed by atoms with Crippen LogP contribution in [0.3, 0.4) is 0 Å². The van der Waals surface area contributed by atoms with Crippen molar-refractivity contribution in [2.24, 2.45) is 0 Å². The SMILES string of the molecule is Cc1cc(NC(=O)C(C)(O)COc2c(F)c(F)c(F)c(F)c2F)ccc1NOO. The number of aryl methyl sites for hydroxylation is 1. The minimum Gasteiger partial charge on any atom is -0.484 e. The van der Waals surface area contributed by atoms with E-state index in [9.17, 15) is 31.9 Å². The van der Waals surface area contributed by atoms with Gasteiger partial charge in [0.25, 0.3) is 5.91 Å². The fourth-order valence-corrected chi connectivity index (χ4v) is 2.16. The van der Waals surface area contributed by atoms with Crippen molar-refractivity contribution in [3.05, 3.63) is 52.8 Å². The molecule has 7 nitrogen and oxygen atoms in total. The summed E-state index contributed by atoms with van der Waals surface area (Å²) in [6.45, 7) is 1.40. The number of anilines is 2. The lowest BCUT2D eigenvalue weighted by Gasteiger charge is -2.23. The number of aliphatic hydroxyl groups is 1. The van der Waals surface area contributed by atoms with E-state index < -0.39 is 53.0 Å². The van der Waals surface area contributed by atoms with Crippen molar-refractivity contribution in [3.8, 4) is 5.75 Å². The molecule has 1 unspecified atom stereocenters. The van der Waals surface area contributed by atoms with Gasteiger partial charge in [-0.05, 0) is 37.6 Å². The monoisotopic (exact) mass is 422 g/mol. The van der Waals surface area contributed by atoms with Gasteiger partial charge in [0, 0.05) is 5.69 Å². The Labute approximate surface area is 160 Å². The number of nitrogens with one attached hydrogen (secondary N) is 2. The minimum absolute atomic E-state index is 0.187. The Morgan fingerprint density at radius 3 is 2.14 bits per heavy atom. The van der Waals surface area contributed by atoms with Gasteiger partial charge >= 0.3 is 0 Å². The number of amides is 1. The van der Waals surface area contributed by atoms with Crippen LogP contribution >= 0.6 is 0 Å². The molecule has 0 radical (unpaired) electrons. The molecule has 1 amide bonds. The second-order valence-electron chi connectivity index (χ2n) is 6.14. The molecule has 4 N–H and O–H groups in total. The van der Waals surface area contributed by atoms with Gasteiger partial charge in [0.05, 0.1) is 5.69 Å². The predicted octanol–water partition coefficient (Wildman–Crippen LogP) is 3.28. The molecule has 0 saturated carbocycles. The van der Waals surface area contributed by atoms with E-state index in [0.717, 1.165) is 6.92 Å². The third-order valence-corrected chi connectivity index (χ3v) is 3.80. The molecule has 2 rings (SSSR count). The van der Waals surface area contributed by atoms with Crippen molar-refractivity contribution < 1.29 is 46.8 Å². The number of carbonyl (C=O) groups excluding carboxylic acids is 1. The van der Waals surface area contributed by atoms with E-state index in [1.54, 1.807) is 6.92 Å². The van der Waals surface area contributed by atoms with Crippen LogP contribution in [0.5, 0.6) is 5.75 Å². The summed E-state index contributed by atoms with van der Waals surface area (Å²) in [6.07, 6.45) is 0. The Hall–Kier alpha value is -2.96. The van der Waals surface area contributed by atoms with Crippen LogP contribution in [-0.4, -0.2) is 28.5 Å². The zero-order valence-electron chi connectivity index (χ0n) is 14.9. The topological polar surface area (TPSA) is 100 Å². The molecule has 0 aliphatic rings. The molecule has 2 aromatic carbocycles. The fourth-order valence-electron chi connectivity index (χ4n) is 2.16. The zero-order chi connectivity index (χ0) is 21.9. The third kappa shape index (κ3) is 4.72. The van der Waals surface area contributed by atoms with E-state index >= 15 is 0 Å². The van der Waals surface area contributed by atoms with Crippen LogP contribution in [0.1, 0.15) is 12.5 Å². The molecule has 0 spiro atoms. The maximum atomic E-state index is 13.6. The maximum absolute atomic E-state index is 13.6. The fraction of sp³-hybridized carbons (Fsp3) is 0.235. The summed E-state index contributed by atoms with van der Waals surface area (Å²) >= 11 is 0. The molecule has 0 fully saturated rings. The van der Waals surface area contributed by atoms with Crippen LogP contribution < -0.4 is 15.5 Å². The van der Waals surface area contributed by atoms with Crippen molar-refractivity contribution in [2.75, 3.05) is 17.4 Å². The number of hydrogen-bond donors (Lipinski definition) is 4. The van der Waals surface area contributed by atoms with E-state index in [0.29, 0.717) is 11.3 Å². The number of ether oxygens (including phenoxy) is 1. The third-order valence-electron chi connectivity index (χ3n) is 3.80. The van der Waals surface area contributed by atoms with Crippen LogP contribution in [-0.2, 0) is 9.78 Å². The first-order chi connectivity index (χ1) is 13.5. The first-order valence-electron chi connectivity index (χ1n) is 7.84. The van der Waals surface area contributed by atoms with Crippen LogP contribution in [0, 0.1) is 36.0 Å². The highest BCUT2D eigenvalue weighted by atomic mass is 19.2. The van der Waals surface area contributed by atoms with Crippen molar-refractivity contribution in [3.63, 3.8) is 0 Å². The standard InChI is InChI=1S/C17H15F5N2O5/c1-7-5-8(3-4-9(7)24-29-27)23-16(25)17(2,26)6-28-15-13(21)11(19)10(18)12(20)14(15)22/h3-5,24,26-27H,6H2,1-2H3,(H,23,25). The second kappa shape index (κ2) is 8.59. The Balaban J connectivity index is 2.14. The van der Waals surface area contributed by atoms with E-state index in [-0.39, 0.29) is 5.69 Å². The maximum Gasteiger partial charge on any atom is 0.259 e. The predicted molar refractivity (Wildman–Crippen MR) is 89.5 cm³/mol. The lowest BCUT2D eigenvalue weighted by Crippen LogP contribution is -2.45. The number of carbonyl (C=O) groups is 1. The Morgan fingerprint density at radius 1 is 1.07 bits per heavy atom. The summed E-state index contributed by atoms with van der Waals surface area (Å²) in [7, 11) is 0. The summed E-state index contributed by atoms with van der Waals surface area (Å²) in [6, 6.07) is 4.22. The van der Waals surface area contributed by atoms with Gasteiger partial charge in [-0.25, -0.2) is 23.9 Å². The summed E-state index contributed by atoms with van der Waals surface area (Å²) < 4.78 is 71.1. The molecule has 0 aliphatic heterocycles. The molecule has 0 heterocycles. The highest BCUT2D eigenvalue weighted by molar-refractivity contribution is 5.97. The van der Waals surface area contributed by atoms with Gasteiger partial charge in [-0.1, -0.05) is 0 Å². The molecular weight excluding hydrogens is 407 g/mol. The molecule has 0 saturated heterocycles. The lowest BCUT2D eigenvalue weighted by atomic mass is 10.1. The van der Waals surface area contributed by atoms with Gasteiger partial charge in [-0.15, -0.1) is 4.99 Å². The minimum atomic E-state index is -2.40. The normalized spacial score (nSPS) is 13.0. The Bertz CT molecular complexity index is 910. The van der Waals surface area contributed by atoms with E-state index in [2.05, 4.69) is 20.5 Å². The molecular formula is C17H15F5N2O5. The smallest absolute Gasteiger partial charge is 0.259 e. The highest BCUT2D eigenvalue weighted by Gasteiger charge is 2.34. The summed E-state index contributed by atoms with van der Waals surface area (Å²) in [4.78, 5) is 16.0. The average molecular weight is 422 g/mol. The molecule has 158 valence electrons. The Morgan fingerprint density at radius 2 is 1.62 bits per heavy atom. The molecule has 1 atom stereocenters. The second-order valence-corrected chi connectivity index (χ2v) is 6.14. The first-order valence-corrected chi connectivity index (χ1v) is 7.84. The molecule has 2 aromatic rings. The van der Waals surface area contributed by atoms with E-state index in [1.165, 1.54) is 18.2 Å². The first kappa shape index (κ1) is 22.3. The summed E-state index contributed by atoms with van der Waals surface area (Å²) in [5.41, 5.74) is 0.837. The number of rotatable bonds is 7. The Kier molecular flexibility index (Phi) is 6.62. The summed E-state index contributed by atoms with van der Waals surface area (Å²) in [5.74, 6) is -14.0. The van der Waals surface area contributed by atoms with E-state index in [1.807, 2.05) is 0 Å². The largest absolute Gasteiger partial charge is 0.484 e. The van der Waals surface area contributed by atoms with Crippen LogP contribution in [0.15, 0.2) is 18.2 Å². The molecule has 0 aromatic heterocycles. The number of benzene rings is 2. The van der Waals surface area contributed by atoms with Crippen molar-refractivity contribution in [2.45, 2.75) is 19.4 Å². The van der Waals surface area contributed by atoms with Crippen LogP contribution in [0.4, 0.5) is 33.3 Å². The van der Waals surface area contributed by atoms with Crippen LogP contribution in [0.2, 0.25) is 0 Å². The average Bonchev–Trinajstić information content (AvgIpc) is 2.67. The quantitative estimate of drug-likeness (QED) is 0.180. The summed E-state index contributed by atoms with van der Waals surface area (Å²) in [5, 5.41) is 20.8. The van der Waals surface area contributed by atoms with Gasteiger partial charge in [0.15, 0.2) is 11.4 Å². The number of hydrogen-bond acceptors (Lipinski definition) is 6. The molecule has 12 heteroatoms. The van der Waals surface area contributed by atoms with Crippen molar-refractivity contribution in [1.29, 1.82) is 0 Å². The molecule has 0 bridgehead atoms. The van der Waals surface area contributed by atoms with E-state index in [4.69, 9.17) is 5.26 Å². The lowest BCUT2D eigenvalue weighted by molar-refractivity contribution is -0.215. The number of halogens is 5. The van der Waals surface area contributed by atoms with Gasteiger partial charge in [0.2, 0.25) is 29.1 Å². The molecule has 29 heavy (non-hydrogen) atoms. The zero-order valence-corrected chi connectivity index (χ0v) is 14.9. The molecule has 0 aliphatic carbocycles. The van der Waals surface area contributed by atoms with Crippen molar-refractivity contribution in [1.82, 2.24) is 0 Å². The van der Waals surface area contributed by atoms with Gasteiger partial charge in [0.1, 0.15) is 6.61 Å². The van der Waals surface area contributed by atoms with Crippen LogP contribution in [0.25, 0.3) is 0 Å². The van der Waals surface area contributed by atoms with Crippen molar-refractivity contribution >= 4 is 17.3 Å². The van der Waals surface area contributed by atoms with Gasteiger partial charge in [-0.2, -0.15) is 8.78 Å². The van der Waals surface area contributed by atoms with Gasteiger partial charge in [-0.3, -0.25) is 4.79 Å². The van der Waals surface area contributed by atoms with Gasteiger partial charge < -0.3 is 15.2 Å². The highest BCUT2D eigenvalue weighted by Crippen LogP contribution is 2.30.